The minimum Gasteiger partial charge on any atom is -0.0654 e. The third-order valence-electron chi connectivity index (χ3n) is 16.1. The summed E-state index contributed by atoms with van der Waals surface area (Å²) >= 11 is 2.04. The number of unbranched alkanes of at least 4 members (excludes halogenated alkanes) is 38. The molecule has 0 unspecified atom stereocenters. The van der Waals surface area contributed by atoms with Gasteiger partial charge in [-0.05, 0) is 86.8 Å². The van der Waals surface area contributed by atoms with Gasteiger partial charge < -0.3 is 5.53 Å². The molecule has 1 aliphatic heterocycles. The van der Waals surface area contributed by atoms with Crippen LogP contribution in [-0.4, -0.2) is 4.70 Å². The summed E-state index contributed by atoms with van der Waals surface area (Å²) in [5.74, 6) is 0. The van der Waals surface area contributed by atoms with Crippen molar-refractivity contribution < 1.29 is 19.1 Å². The summed E-state index contributed by atoms with van der Waals surface area (Å²) in [6.45, 7) is 13.7. The summed E-state index contributed by atoms with van der Waals surface area (Å²) in [5.41, 5.74) is 22.0. The van der Waals surface area contributed by atoms with Crippen molar-refractivity contribution in [3.63, 3.8) is 0 Å². The van der Waals surface area contributed by atoms with Crippen LogP contribution in [0.2, 0.25) is 10.8 Å². The van der Waals surface area contributed by atoms with E-state index in [0.717, 1.165) is 49.9 Å². The van der Waals surface area contributed by atoms with E-state index in [1.54, 1.807) is 4.70 Å². The van der Waals surface area contributed by atoms with Gasteiger partial charge in [0.25, 0.3) is 0 Å². The Morgan fingerprint density at radius 3 is 0.867 bits per heavy atom. The number of benzene rings is 2. The Labute approximate surface area is 475 Å². The topological polar surface area (TPSA) is 25.3 Å². The minimum absolute atomic E-state index is 1.02. The summed E-state index contributed by atoms with van der Waals surface area (Å²) in [4.78, 5) is 0. The zero-order chi connectivity index (χ0) is 53.9. The normalized spacial score (nSPS) is 12.7. The second kappa shape index (κ2) is 51.5. The first-order valence-corrected chi connectivity index (χ1v) is 35.0. The summed E-state index contributed by atoms with van der Waals surface area (Å²) < 4.78 is 1.59. The van der Waals surface area contributed by atoms with E-state index in [2.05, 4.69) is 90.1 Å². The average molecular weight is 1080 g/mol. The van der Waals surface area contributed by atoms with Crippen molar-refractivity contribution in [2.24, 2.45) is 0 Å². The predicted molar refractivity (Wildman–Crippen MR) is 334 cm³/mol. The fraction of sp³-hybridized carbons (Fsp3) is 0.778. The fourth-order valence-corrected chi connectivity index (χ4v) is 12.5. The van der Waals surface area contributed by atoms with Crippen molar-refractivity contribution in [2.75, 3.05) is 0 Å². The molecule has 1 aliphatic rings. The van der Waals surface area contributed by atoms with E-state index in [1.807, 2.05) is 14.4 Å². The van der Waals surface area contributed by atoms with Gasteiger partial charge in [-0.1, -0.05) is 181 Å². The molecule has 0 saturated carbocycles. The van der Waals surface area contributed by atoms with Crippen LogP contribution < -0.4 is 0 Å². The number of nitrogens with zero attached hydrogens (tertiary/aromatic N) is 2. The van der Waals surface area contributed by atoms with Crippen LogP contribution in [-0.2, 0) is 27.3 Å². The SMILES string of the molecule is CCCCCCCCC1=C(c2cccc(CCCCCC)c2)[N+](=[N-])C(c2cccc(CCCCCC)c2)=C1CCCC.CCCCCCCCCCCCCCC[CH2][Ni][CH2]CCCCCCCCCCCCCCC. The summed E-state index contributed by atoms with van der Waals surface area (Å²) in [6, 6.07) is 18.1. The molecule has 0 N–H and O–H groups in total. The molecule has 0 atom stereocenters. The van der Waals surface area contributed by atoms with Crippen LogP contribution >= 0.6 is 0 Å². The summed E-state index contributed by atoms with van der Waals surface area (Å²) in [7, 11) is 0. The molecule has 3 heteroatoms. The predicted octanol–water partition coefficient (Wildman–Crippen LogP) is 25.9. The Kier molecular flexibility index (Phi) is 47.4. The van der Waals surface area contributed by atoms with E-state index < -0.39 is 0 Å². The third-order valence-corrected chi connectivity index (χ3v) is 17.5. The van der Waals surface area contributed by atoms with Gasteiger partial charge in [-0.3, -0.25) is 0 Å². The Morgan fingerprint density at radius 1 is 0.293 bits per heavy atom. The van der Waals surface area contributed by atoms with E-state index in [9.17, 15) is 5.53 Å². The summed E-state index contributed by atoms with van der Waals surface area (Å²) in [5, 5.41) is 2.87. The van der Waals surface area contributed by atoms with Gasteiger partial charge in [0.05, 0.1) is 0 Å². The third kappa shape index (κ3) is 35.3. The molecule has 1 heterocycles. The molecular formula is C72H126N2Ni. The van der Waals surface area contributed by atoms with Gasteiger partial charge in [-0.25, -0.2) is 4.70 Å². The van der Waals surface area contributed by atoms with Crippen LogP contribution in [0.5, 0.6) is 0 Å². The van der Waals surface area contributed by atoms with Gasteiger partial charge >= 0.3 is 166 Å². The van der Waals surface area contributed by atoms with Crippen LogP contribution in [0.3, 0.4) is 0 Å². The Morgan fingerprint density at radius 2 is 0.547 bits per heavy atom. The Bertz CT molecular complexity index is 1640. The van der Waals surface area contributed by atoms with E-state index in [0.29, 0.717) is 0 Å². The van der Waals surface area contributed by atoms with Gasteiger partial charge in [-0.2, -0.15) is 0 Å². The number of rotatable bonds is 52. The van der Waals surface area contributed by atoms with Gasteiger partial charge in [0.2, 0.25) is 11.4 Å². The van der Waals surface area contributed by atoms with E-state index in [1.165, 1.54) is 314 Å². The average Bonchev–Trinajstić information content (AvgIpc) is 3.71. The second-order valence-electron chi connectivity index (χ2n) is 23.3. The van der Waals surface area contributed by atoms with Crippen molar-refractivity contribution in [2.45, 2.75) is 361 Å². The quantitative estimate of drug-likeness (QED) is 0.0358. The zero-order valence-corrected chi connectivity index (χ0v) is 52.2. The van der Waals surface area contributed by atoms with Gasteiger partial charge in [-0.15, -0.1) is 0 Å². The van der Waals surface area contributed by atoms with E-state index >= 15 is 0 Å². The van der Waals surface area contributed by atoms with E-state index in [-0.39, 0.29) is 0 Å². The molecule has 0 amide bonds. The van der Waals surface area contributed by atoms with Crippen molar-refractivity contribution in [3.8, 4) is 0 Å². The molecule has 0 saturated heterocycles. The van der Waals surface area contributed by atoms with Crippen LogP contribution in [0.4, 0.5) is 0 Å². The maximum atomic E-state index is 12.1. The number of hydrogen-bond acceptors (Lipinski definition) is 0. The number of hydrogen-bond donors (Lipinski definition) is 0. The first-order valence-electron chi connectivity index (χ1n) is 33.6. The molecule has 434 valence electrons. The van der Waals surface area contributed by atoms with Gasteiger partial charge in [0, 0.05) is 22.3 Å². The van der Waals surface area contributed by atoms with Crippen molar-refractivity contribution >= 4 is 11.4 Å². The molecule has 0 spiro atoms. The van der Waals surface area contributed by atoms with Crippen LogP contribution in [0, 0.1) is 0 Å². The number of aryl methyl sites for hydroxylation is 2. The molecule has 0 bridgehead atoms. The Balaban J connectivity index is 0.000000531. The van der Waals surface area contributed by atoms with Gasteiger partial charge in [0.15, 0.2) is 0 Å². The molecule has 2 aromatic rings. The van der Waals surface area contributed by atoms with Crippen LogP contribution in [0.1, 0.15) is 359 Å². The fourth-order valence-electron chi connectivity index (χ4n) is 11.3. The standard InChI is InChI=1S/C40H60N2.2C16H33.Ni/c1-5-9-13-16-17-20-30-38-37(29-12-8-4)39(35-27-21-25-33(31-35)23-18-14-10-6-2)42(41)40(38)36-28-22-26-34(32-36)24-19-15-11-7-3;2*1-3-5-7-9-11-13-15-16-14-12-10-8-6-4-2;/h21-22,25-28,31-32H,5-20,23-24,29-30H2,1-4H3;2*1,3-16H2,2H3;. The molecule has 0 aliphatic carbocycles. The number of allylic oxidation sites excluding steroid dienone is 2. The molecule has 0 fully saturated rings. The van der Waals surface area contributed by atoms with E-state index in [4.69, 9.17) is 0 Å². The minimum atomic E-state index is 1.02. The van der Waals surface area contributed by atoms with Crippen LogP contribution in [0.25, 0.3) is 16.9 Å². The maximum absolute atomic E-state index is 12.1. The first kappa shape index (κ1) is 69.1. The molecule has 75 heavy (non-hydrogen) atoms. The Hall–Kier alpha value is -1.99. The molecule has 0 aromatic heterocycles. The first-order chi connectivity index (χ1) is 37.1. The van der Waals surface area contributed by atoms with Crippen molar-refractivity contribution in [1.29, 1.82) is 0 Å². The monoisotopic (exact) mass is 1080 g/mol. The van der Waals surface area contributed by atoms with Crippen molar-refractivity contribution in [1.82, 2.24) is 0 Å². The molecule has 2 aromatic carbocycles. The summed E-state index contributed by atoms with van der Waals surface area (Å²) in [6.07, 6.45) is 65.8. The smallest absolute Gasteiger partial charge is 0.0654 e. The molecule has 0 radical (unpaired) electrons. The van der Waals surface area contributed by atoms with Gasteiger partial charge in [0.1, 0.15) is 0 Å². The van der Waals surface area contributed by atoms with Crippen molar-refractivity contribution in [3.05, 3.63) is 87.5 Å². The zero-order valence-electron chi connectivity index (χ0n) is 51.2. The molecule has 2 nitrogen and oxygen atoms in total. The molecule has 3 rings (SSSR count). The molecular weight excluding hydrogens is 951 g/mol. The second-order valence-corrected chi connectivity index (χ2v) is 24.8. The van der Waals surface area contributed by atoms with Crippen LogP contribution in [0.15, 0.2) is 59.7 Å².